The molecule has 1 aromatic rings. The first-order chi connectivity index (χ1) is 7.43. The summed E-state index contributed by atoms with van der Waals surface area (Å²) in [5.41, 5.74) is 0. The molecule has 86 valence electrons. The lowest BCUT2D eigenvalue weighted by molar-refractivity contribution is 0.612. The van der Waals surface area contributed by atoms with Gasteiger partial charge in [0.25, 0.3) is 0 Å². The molecule has 2 N–H and O–H groups in total. The Hall–Kier alpha value is -0.550. The molecule has 0 unspecified atom stereocenters. The van der Waals surface area contributed by atoms with Gasteiger partial charge in [-0.15, -0.1) is 0 Å². The molecule has 0 fully saturated rings. The molecule has 0 saturated heterocycles. The van der Waals surface area contributed by atoms with Crippen LogP contribution in [0.3, 0.4) is 0 Å². The molecule has 0 aromatic carbocycles. The van der Waals surface area contributed by atoms with Gasteiger partial charge in [-0.1, -0.05) is 37.9 Å². The zero-order valence-corrected chi connectivity index (χ0v) is 10.1. The molecule has 1 heterocycles. The molecule has 1 aromatic heterocycles. The minimum absolute atomic E-state index is 0.905. The fourth-order valence-electron chi connectivity index (χ4n) is 1.29. The van der Waals surface area contributed by atoms with Crippen LogP contribution in [0.15, 0.2) is 11.5 Å². The van der Waals surface area contributed by atoms with Crippen molar-refractivity contribution in [1.82, 2.24) is 20.5 Å². The minimum atomic E-state index is 0.905. The summed E-state index contributed by atoms with van der Waals surface area (Å²) in [6.07, 6.45) is 6.84. The SMILES string of the molecule is CCCCCCNCCSc1ncn[nH]1. The number of aromatic amines is 1. The summed E-state index contributed by atoms with van der Waals surface area (Å²) in [5.74, 6) is 1.04. The maximum absolute atomic E-state index is 4.04. The van der Waals surface area contributed by atoms with Gasteiger partial charge in [-0.2, -0.15) is 5.10 Å². The normalized spacial score (nSPS) is 10.7. The van der Waals surface area contributed by atoms with Crippen LogP contribution < -0.4 is 5.32 Å². The summed E-state index contributed by atoms with van der Waals surface area (Å²) in [7, 11) is 0. The number of nitrogens with one attached hydrogen (secondary N) is 2. The lowest BCUT2D eigenvalue weighted by Crippen LogP contribution is -2.18. The molecule has 0 aliphatic rings. The van der Waals surface area contributed by atoms with E-state index in [-0.39, 0.29) is 0 Å². The third-order valence-electron chi connectivity index (χ3n) is 2.12. The van der Waals surface area contributed by atoms with Crippen LogP contribution in [0.4, 0.5) is 0 Å². The number of aromatic nitrogens is 3. The van der Waals surface area contributed by atoms with Gasteiger partial charge >= 0.3 is 0 Å². The third-order valence-corrected chi connectivity index (χ3v) is 3.00. The molecule has 0 aliphatic heterocycles. The molecule has 0 bridgehead atoms. The Morgan fingerprint density at radius 3 is 3.00 bits per heavy atom. The van der Waals surface area contributed by atoms with Gasteiger partial charge in [-0.05, 0) is 13.0 Å². The van der Waals surface area contributed by atoms with Crippen molar-refractivity contribution >= 4 is 11.8 Å². The van der Waals surface area contributed by atoms with E-state index in [1.54, 1.807) is 18.1 Å². The molecule has 4 nitrogen and oxygen atoms in total. The maximum atomic E-state index is 4.04. The fourth-order valence-corrected chi connectivity index (χ4v) is 1.96. The van der Waals surface area contributed by atoms with E-state index in [1.807, 2.05) is 0 Å². The number of H-pyrrole nitrogens is 1. The topological polar surface area (TPSA) is 53.6 Å². The van der Waals surface area contributed by atoms with E-state index in [1.165, 1.54) is 25.7 Å². The third kappa shape index (κ3) is 6.52. The number of nitrogens with zero attached hydrogens (tertiary/aromatic N) is 2. The minimum Gasteiger partial charge on any atom is -0.316 e. The van der Waals surface area contributed by atoms with E-state index >= 15 is 0 Å². The highest BCUT2D eigenvalue weighted by atomic mass is 32.2. The molecule has 0 spiro atoms. The summed E-state index contributed by atoms with van der Waals surface area (Å²) in [4.78, 5) is 4.04. The Balaban J connectivity index is 1.81. The molecule has 0 amide bonds. The van der Waals surface area contributed by atoms with Gasteiger partial charge in [-0.25, -0.2) is 4.98 Å². The van der Waals surface area contributed by atoms with E-state index in [2.05, 4.69) is 27.4 Å². The second-order valence-corrected chi connectivity index (χ2v) is 4.53. The van der Waals surface area contributed by atoms with Crippen LogP contribution in [0, 0.1) is 0 Å². The van der Waals surface area contributed by atoms with Gasteiger partial charge in [-0.3, -0.25) is 5.10 Å². The van der Waals surface area contributed by atoms with Crippen LogP contribution >= 0.6 is 11.8 Å². The van der Waals surface area contributed by atoms with Crippen molar-refractivity contribution in [2.24, 2.45) is 0 Å². The summed E-state index contributed by atoms with van der Waals surface area (Å²) in [6.45, 7) is 4.41. The molecule has 5 heteroatoms. The average Bonchev–Trinajstić information content (AvgIpc) is 2.75. The Bertz CT molecular complexity index is 225. The Morgan fingerprint density at radius 2 is 2.27 bits per heavy atom. The number of rotatable bonds is 9. The Kier molecular flexibility index (Phi) is 7.29. The van der Waals surface area contributed by atoms with Gasteiger partial charge < -0.3 is 5.32 Å². The van der Waals surface area contributed by atoms with Crippen LogP contribution in [-0.4, -0.2) is 34.0 Å². The van der Waals surface area contributed by atoms with Crippen molar-refractivity contribution in [3.8, 4) is 0 Å². The molecule has 1 rings (SSSR count). The highest BCUT2D eigenvalue weighted by Gasteiger charge is 1.95. The standard InChI is InChI=1S/C10H20N4S/c1-2-3-4-5-6-11-7-8-15-10-12-9-13-14-10/h9,11H,2-8H2,1H3,(H,12,13,14). The monoisotopic (exact) mass is 228 g/mol. The molecule has 0 atom stereocenters. The summed E-state index contributed by atoms with van der Waals surface area (Å²) in [6, 6.07) is 0. The Labute approximate surface area is 95.6 Å². The van der Waals surface area contributed by atoms with Gasteiger partial charge in [0.15, 0.2) is 5.16 Å². The van der Waals surface area contributed by atoms with E-state index in [0.717, 1.165) is 24.0 Å². The zero-order chi connectivity index (χ0) is 10.8. The van der Waals surface area contributed by atoms with Crippen molar-refractivity contribution in [3.63, 3.8) is 0 Å². The second-order valence-electron chi connectivity index (χ2n) is 3.45. The predicted octanol–water partition coefficient (Wildman–Crippen LogP) is 2.07. The van der Waals surface area contributed by atoms with Crippen LogP contribution in [0.2, 0.25) is 0 Å². The first-order valence-electron chi connectivity index (χ1n) is 5.62. The van der Waals surface area contributed by atoms with Crippen LogP contribution in [-0.2, 0) is 0 Å². The van der Waals surface area contributed by atoms with Gasteiger partial charge in [0.1, 0.15) is 6.33 Å². The van der Waals surface area contributed by atoms with Gasteiger partial charge in [0, 0.05) is 12.3 Å². The lowest BCUT2D eigenvalue weighted by Gasteiger charge is -2.02. The smallest absolute Gasteiger partial charge is 0.183 e. The van der Waals surface area contributed by atoms with E-state index in [9.17, 15) is 0 Å². The fraction of sp³-hybridized carbons (Fsp3) is 0.800. The largest absolute Gasteiger partial charge is 0.316 e. The van der Waals surface area contributed by atoms with Crippen molar-refractivity contribution in [1.29, 1.82) is 0 Å². The Morgan fingerprint density at radius 1 is 1.33 bits per heavy atom. The first-order valence-corrected chi connectivity index (χ1v) is 6.61. The number of hydrogen-bond donors (Lipinski definition) is 2. The maximum Gasteiger partial charge on any atom is 0.183 e. The number of thioether (sulfide) groups is 1. The van der Waals surface area contributed by atoms with Gasteiger partial charge in [0.05, 0.1) is 0 Å². The molecule has 0 saturated carbocycles. The highest BCUT2D eigenvalue weighted by molar-refractivity contribution is 7.99. The molecular formula is C10H20N4S. The molecule has 15 heavy (non-hydrogen) atoms. The first kappa shape index (κ1) is 12.5. The van der Waals surface area contributed by atoms with Crippen molar-refractivity contribution < 1.29 is 0 Å². The van der Waals surface area contributed by atoms with Crippen LogP contribution in [0.25, 0.3) is 0 Å². The molecule has 0 aliphatic carbocycles. The molecule has 0 radical (unpaired) electrons. The number of hydrogen-bond acceptors (Lipinski definition) is 4. The van der Waals surface area contributed by atoms with Gasteiger partial charge in [0.2, 0.25) is 0 Å². The summed E-state index contributed by atoms with van der Waals surface area (Å²) in [5, 5.41) is 11.0. The van der Waals surface area contributed by atoms with Crippen LogP contribution in [0.5, 0.6) is 0 Å². The predicted molar refractivity (Wildman–Crippen MR) is 64.1 cm³/mol. The molecular weight excluding hydrogens is 208 g/mol. The summed E-state index contributed by atoms with van der Waals surface area (Å²) >= 11 is 1.70. The van der Waals surface area contributed by atoms with E-state index in [0.29, 0.717) is 0 Å². The quantitative estimate of drug-likeness (QED) is 0.502. The average molecular weight is 228 g/mol. The van der Waals surface area contributed by atoms with E-state index in [4.69, 9.17) is 0 Å². The van der Waals surface area contributed by atoms with Crippen molar-refractivity contribution in [2.45, 2.75) is 37.8 Å². The summed E-state index contributed by atoms with van der Waals surface area (Å²) < 4.78 is 0. The lowest BCUT2D eigenvalue weighted by atomic mass is 10.2. The highest BCUT2D eigenvalue weighted by Crippen LogP contribution is 2.08. The second kappa shape index (κ2) is 8.73. The van der Waals surface area contributed by atoms with Crippen LogP contribution in [0.1, 0.15) is 32.6 Å². The number of unbranched alkanes of at least 4 members (excludes halogenated alkanes) is 3. The van der Waals surface area contributed by atoms with E-state index < -0.39 is 0 Å². The zero-order valence-electron chi connectivity index (χ0n) is 9.33. The van der Waals surface area contributed by atoms with Crippen molar-refractivity contribution in [2.75, 3.05) is 18.8 Å². The van der Waals surface area contributed by atoms with Crippen molar-refractivity contribution in [3.05, 3.63) is 6.33 Å².